The minimum atomic E-state index is 1.09. The van der Waals surface area contributed by atoms with Crippen molar-refractivity contribution in [2.45, 2.75) is 0 Å². The van der Waals surface area contributed by atoms with Crippen molar-refractivity contribution in [3.05, 3.63) is 255 Å². The summed E-state index contributed by atoms with van der Waals surface area (Å²) in [6.07, 6.45) is 0. The monoisotopic (exact) mass is 870 g/mol. The first kappa shape index (κ1) is 38.9. The van der Waals surface area contributed by atoms with E-state index in [2.05, 4.69) is 264 Å². The summed E-state index contributed by atoms with van der Waals surface area (Å²) in [5.74, 6) is 0. The van der Waals surface area contributed by atoms with Crippen LogP contribution in [0.15, 0.2) is 255 Å². The zero-order chi connectivity index (χ0) is 44.3. The fourth-order valence-corrected chi connectivity index (χ4v) is 11.3. The molecule has 0 atom stereocenters. The number of fused-ring (bicyclic) bond motifs is 7. The van der Waals surface area contributed by atoms with Crippen molar-refractivity contribution in [3.63, 3.8) is 0 Å². The van der Waals surface area contributed by atoms with Gasteiger partial charge in [0.2, 0.25) is 0 Å². The lowest BCUT2D eigenvalue weighted by molar-refractivity contribution is 1.18. The van der Waals surface area contributed by atoms with E-state index in [1.165, 1.54) is 97.3 Å². The molecule has 11 aromatic carbocycles. The number of aromatic nitrogens is 1. The zero-order valence-electron chi connectivity index (χ0n) is 36.6. The molecule has 2 heterocycles. The van der Waals surface area contributed by atoms with Crippen LogP contribution in [0.5, 0.6) is 0 Å². The van der Waals surface area contributed by atoms with E-state index < -0.39 is 0 Å². The van der Waals surface area contributed by atoms with Gasteiger partial charge in [-0.2, -0.15) is 0 Å². The second-order valence-corrected chi connectivity index (χ2v) is 18.4. The van der Waals surface area contributed by atoms with Gasteiger partial charge in [0, 0.05) is 53.6 Å². The SMILES string of the molecule is c1cc(-c2ccc(-c3ccc(N(c4ccc(-c5cccc6ccccc56)cc4)c4ccccc4-c4ccc5sc6ccccc6c5c4)cc3)cc2)cc(-n2c3ccccc3c3ccccc32)c1. The average Bonchev–Trinajstić information content (AvgIpc) is 3.95. The lowest BCUT2D eigenvalue weighted by Crippen LogP contribution is -2.11. The topological polar surface area (TPSA) is 8.17 Å². The van der Waals surface area contributed by atoms with Crippen LogP contribution in [0.25, 0.3) is 103 Å². The summed E-state index contributed by atoms with van der Waals surface area (Å²) in [5, 5.41) is 7.64. The molecular weight excluding hydrogens is 829 g/mol. The molecule has 13 rings (SSSR count). The van der Waals surface area contributed by atoms with Gasteiger partial charge in [0.1, 0.15) is 0 Å². The maximum atomic E-state index is 2.41. The summed E-state index contributed by atoms with van der Waals surface area (Å²) < 4.78 is 5.00. The average molecular weight is 871 g/mol. The molecule has 67 heavy (non-hydrogen) atoms. The van der Waals surface area contributed by atoms with Gasteiger partial charge in [0.05, 0.1) is 16.7 Å². The second kappa shape index (κ2) is 16.2. The summed E-state index contributed by atoms with van der Waals surface area (Å²) in [7, 11) is 0. The summed E-state index contributed by atoms with van der Waals surface area (Å²) in [6, 6.07) is 93.2. The Balaban J connectivity index is 0.865. The highest BCUT2D eigenvalue weighted by Crippen LogP contribution is 2.44. The molecule has 3 heteroatoms. The Kier molecular flexibility index (Phi) is 9.40. The van der Waals surface area contributed by atoms with E-state index in [1.807, 2.05) is 11.3 Å². The largest absolute Gasteiger partial charge is 0.310 e. The number of benzene rings is 11. The summed E-state index contributed by atoms with van der Waals surface area (Å²) in [6.45, 7) is 0. The van der Waals surface area contributed by atoms with Crippen molar-refractivity contribution in [2.24, 2.45) is 0 Å². The highest BCUT2D eigenvalue weighted by molar-refractivity contribution is 7.25. The summed E-state index contributed by atoms with van der Waals surface area (Å²) in [4.78, 5) is 2.41. The van der Waals surface area contributed by atoms with Gasteiger partial charge < -0.3 is 9.47 Å². The molecule has 0 spiro atoms. The van der Waals surface area contributed by atoms with E-state index in [0.29, 0.717) is 0 Å². The maximum absolute atomic E-state index is 2.41. The van der Waals surface area contributed by atoms with E-state index in [-0.39, 0.29) is 0 Å². The number of anilines is 3. The van der Waals surface area contributed by atoms with Gasteiger partial charge in [-0.3, -0.25) is 0 Å². The third-order valence-corrected chi connectivity index (χ3v) is 14.6. The zero-order valence-corrected chi connectivity index (χ0v) is 37.4. The smallest absolute Gasteiger partial charge is 0.0541 e. The van der Waals surface area contributed by atoms with Crippen LogP contribution < -0.4 is 4.90 Å². The fraction of sp³-hybridized carbons (Fsp3) is 0. The van der Waals surface area contributed by atoms with Gasteiger partial charge in [0.25, 0.3) is 0 Å². The molecule has 0 unspecified atom stereocenters. The summed E-state index contributed by atoms with van der Waals surface area (Å²) in [5.41, 5.74) is 16.4. The molecule has 0 fully saturated rings. The number of rotatable bonds is 8. The van der Waals surface area contributed by atoms with Crippen LogP contribution in [0, 0.1) is 0 Å². The van der Waals surface area contributed by atoms with Crippen molar-refractivity contribution in [3.8, 4) is 50.2 Å². The van der Waals surface area contributed by atoms with Crippen molar-refractivity contribution in [1.82, 2.24) is 4.57 Å². The third-order valence-electron chi connectivity index (χ3n) is 13.4. The van der Waals surface area contributed by atoms with Crippen LogP contribution in [0.2, 0.25) is 0 Å². The molecule has 314 valence electrons. The number of hydrogen-bond donors (Lipinski definition) is 0. The van der Waals surface area contributed by atoms with Crippen molar-refractivity contribution < 1.29 is 0 Å². The lowest BCUT2D eigenvalue weighted by atomic mass is 9.97. The molecule has 0 aliphatic heterocycles. The number of nitrogens with zero attached hydrogens (tertiary/aromatic N) is 2. The van der Waals surface area contributed by atoms with Gasteiger partial charge in [-0.1, -0.05) is 182 Å². The van der Waals surface area contributed by atoms with Crippen molar-refractivity contribution in [2.75, 3.05) is 4.90 Å². The van der Waals surface area contributed by atoms with Crippen molar-refractivity contribution >= 4 is 81.1 Å². The Hall–Kier alpha value is -8.50. The normalized spacial score (nSPS) is 11.6. The molecule has 0 aliphatic carbocycles. The molecule has 0 amide bonds. The Morgan fingerprint density at radius 3 is 1.54 bits per heavy atom. The van der Waals surface area contributed by atoms with Gasteiger partial charge in [-0.05, 0) is 123 Å². The third kappa shape index (κ3) is 6.79. The molecule has 0 aliphatic rings. The molecule has 0 bridgehead atoms. The van der Waals surface area contributed by atoms with Crippen LogP contribution in [-0.2, 0) is 0 Å². The fourth-order valence-electron chi connectivity index (χ4n) is 10.2. The van der Waals surface area contributed by atoms with Crippen LogP contribution >= 0.6 is 11.3 Å². The summed E-state index contributed by atoms with van der Waals surface area (Å²) >= 11 is 1.86. The molecular formula is C64H42N2S. The van der Waals surface area contributed by atoms with Gasteiger partial charge in [-0.15, -0.1) is 11.3 Å². The van der Waals surface area contributed by atoms with E-state index in [0.717, 1.165) is 22.7 Å². The van der Waals surface area contributed by atoms with Gasteiger partial charge >= 0.3 is 0 Å². The predicted molar refractivity (Wildman–Crippen MR) is 288 cm³/mol. The van der Waals surface area contributed by atoms with E-state index in [4.69, 9.17) is 0 Å². The lowest BCUT2D eigenvalue weighted by Gasteiger charge is -2.28. The second-order valence-electron chi connectivity index (χ2n) is 17.3. The van der Waals surface area contributed by atoms with Crippen LogP contribution in [-0.4, -0.2) is 4.57 Å². The quantitative estimate of drug-likeness (QED) is 0.148. The predicted octanol–water partition coefficient (Wildman–Crippen LogP) is 18.4. The molecule has 0 radical (unpaired) electrons. The number of para-hydroxylation sites is 3. The molecule has 2 nitrogen and oxygen atoms in total. The first-order chi connectivity index (χ1) is 33.2. The Bertz CT molecular complexity index is 3910. The highest BCUT2D eigenvalue weighted by atomic mass is 32.1. The van der Waals surface area contributed by atoms with Crippen LogP contribution in [0.4, 0.5) is 17.1 Å². The van der Waals surface area contributed by atoms with Crippen LogP contribution in [0.3, 0.4) is 0 Å². The van der Waals surface area contributed by atoms with Gasteiger partial charge in [-0.25, -0.2) is 0 Å². The molecule has 0 saturated heterocycles. The number of hydrogen-bond acceptors (Lipinski definition) is 2. The molecule has 13 aromatic rings. The molecule has 2 aromatic heterocycles. The Labute approximate surface area is 393 Å². The Morgan fingerprint density at radius 1 is 0.299 bits per heavy atom. The minimum Gasteiger partial charge on any atom is -0.310 e. The number of thiophene rings is 1. The first-order valence-corrected chi connectivity index (χ1v) is 23.7. The maximum Gasteiger partial charge on any atom is 0.0541 e. The Morgan fingerprint density at radius 2 is 0.806 bits per heavy atom. The molecule has 0 saturated carbocycles. The van der Waals surface area contributed by atoms with Gasteiger partial charge in [0.15, 0.2) is 0 Å². The van der Waals surface area contributed by atoms with Crippen LogP contribution in [0.1, 0.15) is 0 Å². The van der Waals surface area contributed by atoms with E-state index in [1.54, 1.807) is 0 Å². The van der Waals surface area contributed by atoms with Crippen molar-refractivity contribution in [1.29, 1.82) is 0 Å². The minimum absolute atomic E-state index is 1.09. The standard InChI is InChI=1S/C64H42N2S/c1-2-17-53-46(13-1)14-12-22-54(53)47-33-38-51(39-34-47)65(60-23-7-3-18-55(60)49-35-40-64-59(42-49)58-21-6-10-26-63(58)67-64)50-36-31-44(32-37-50)43-27-29-45(30-28-43)48-15-11-16-52(41-48)66-61-24-8-4-19-56(61)57-20-5-9-25-62(57)66/h1-42H. The molecule has 0 N–H and O–H groups in total. The highest BCUT2D eigenvalue weighted by Gasteiger charge is 2.19. The first-order valence-electron chi connectivity index (χ1n) is 22.9. The van der Waals surface area contributed by atoms with E-state index in [9.17, 15) is 0 Å². The van der Waals surface area contributed by atoms with E-state index >= 15 is 0 Å².